The van der Waals surface area contributed by atoms with E-state index in [9.17, 15) is 19.5 Å². The van der Waals surface area contributed by atoms with Crippen molar-refractivity contribution in [2.24, 2.45) is 5.92 Å². The maximum absolute atomic E-state index is 13.2. The summed E-state index contributed by atoms with van der Waals surface area (Å²) in [7, 11) is 0. The zero-order chi connectivity index (χ0) is 25.4. The number of aromatic nitrogens is 2. The molecule has 2 aliphatic rings. The van der Waals surface area contributed by atoms with Gasteiger partial charge in [-0.05, 0) is 38.1 Å². The molecule has 1 fully saturated rings. The first-order chi connectivity index (χ1) is 17.3. The molecule has 3 heterocycles. The van der Waals surface area contributed by atoms with Crippen molar-refractivity contribution >= 4 is 17.2 Å². The first-order valence-electron chi connectivity index (χ1n) is 11.9. The Balaban J connectivity index is 1.54. The number of nitrogens with one attached hydrogen (secondary N) is 1. The van der Waals surface area contributed by atoms with Crippen LogP contribution in [0, 0.1) is 12.8 Å². The van der Waals surface area contributed by atoms with Gasteiger partial charge < -0.3 is 19.6 Å². The Morgan fingerprint density at radius 3 is 2.08 bits per heavy atom. The molecule has 36 heavy (non-hydrogen) atoms. The summed E-state index contributed by atoms with van der Waals surface area (Å²) in [6.07, 6.45) is 2.14. The molecule has 3 aromatic rings. The van der Waals surface area contributed by atoms with Crippen LogP contribution >= 0.6 is 0 Å². The fourth-order valence-electron chi connectivity index (χ4n) is 5.06. The lowest BCUT2D eigenvalue weighted by Gasteiger charge is -2.40. The molecule has 0 radical (unpaired) electrons. The number of anilines is 2. The zero-order valence-corrected chi connectivity index (χ0v) is 20.0. The van der Waals surface area contributed by atoms with Crippen LogP contribution in [-0.4, -0.2) is 38.8 Å². The third-order valence-corrected chi connectivity index (χ3v) is 6.80. The smallest absolute Gasteiger partial charge is 0.330 e. The van der Waals surface area contributed by atoms with Crippen LogP contribution in [0.4, 0.5) is 11.4 Å². The molecule has 1 aromatic heterocycles. The molecule has 9 heteroatoms. The van der Waals surface area contributed by atoms with Gasteiger partial charge in [-0.25, -0.2) is 4.79 Å². The Morgan fingerprint density at radius 1 is 1.00 bits per heavy atom. The topological polar surface area (TPSA) is 108 Å². The van der Waals surface area contributed by atoms with Crippen molar-refractivity contribution in [3.05, 3.63) is 106 Å². The number of carbonyl (C=O) groups is 1. The van der Waals surface area contributed by atoms with Gasteiger partial charge in [0.15, 0.2) is 0 Å². The van der Waals surface area contributed by atoms with Crippen LogP contribution in [0.25, 0.3) is 0 Å². The number of carbonyl (C=O) groups excluding carboxylic acids is 1. The van der Waals surface area contributed by atoms with Crippen LogP contribution < -0.4 is 21.0 Å². The Bertz CT molecular complexity index is 1340. The van der Waals surface area contributed by atoms with E-state index < -0.39 is 41.8 Å². The van der Waals surface area contributed by atoms with Crippen LogP contribution in [0.3, 0.4) is 0 Å². The lowest BCUT2D eigenvalue weighted by atomic mass is 9.89. The summed E-state index contributed by atoms with van der Waals surface area (Å²) in [6.45, 7) is 3.09. The molecule has 0 bridgehead atoms. The van der Waals surface area contributed by atoms with E-state index in [4.69, 9.17) is 4.74 Å². The Morgan fingerprint density at radius 2 is 1.56 bits per heavy atom. The number of ketones is 1. The molecule has 0 amide bonds. The minimum atomic E-state index is -1.00. The number of hydrogen-bond donors (Lipinski definition) is 2. The predicted octanol–water partition coefficient (Wildman–Crippen LogP) is 2.52. The molecule has 186 valence electrons. The maximum Gasteiger partial charge on any atom is 0.330 e. The van der Waals surface area contributed by atoms with Crippen molar-refractivity contribution in [1.82, 2.24) is 9.55 Å². The third kappa shape index (κ3) is 4.27. The van der Waals surface area contributed by atoms with Crippen molar-refractivity contribution in [2.45, 2.75) is 44.9 Å². The SMILES string of the molecule is CC(=O)C(C1N(c2ccccc2)C=CN1c1ccccc1)[C@H]1O[C@@H](n2cc(C)c(=O)[nH]c2=O)C[C@@H]1O. The maximum atomic E-state index is 13.2. The fourth-order valence-corrected chi connectivity index (χ4v) is 5.06. The van der Waals surface area contributed by atoms with Gasteiger partial charge in [0.1, 0.15) is 18.2 Å². The average molecular weight is 489 g/mol. The second-order valence-electron chi connectivity index (χ2n) is 9.17. The second kappa shape index (κ2) is 9.60. The molecule has 9 nitrogen and oxygen atoms in total. The molecule has 1 saturated heterocycles. The van der Waals surface area contributed by atoms with Crippen LogP contribution in [0.2, 0.25) is 0 Å². The Labute approximate surface area is 207 Å². The number of ether oxygens (including phenoxy) is 1. The normalized spacial score (nSPS) is 22.8. The minimum absolute atomic E-state index is 0.108. The van der Waals surface area contributed by atoms with Crippen LogP contribution in [0.1, 0.15) is 25.1 Å². The van der Waals surface area contributed by atoms with E-state index in [2.05, 4.69) is 4.98 Å². The molecule has 2 aromatic carbocycles. The van der Waals surface area contributed by atoms with Crippen molar-refractivity contribution < 1.29 is 14.6 Å². The van der Waals surface area contributed by atoms with E-state index >= 15 is 0 Å². The van der Waals surface area contributed by atoms with E-state index in [1.54, 1.807) is 6.92 Å². The number of nitrogens with zero attached hydrogens (tertiary/aromatic N) is 3. The molecule has 4 atom stereocenters. The molecule has 2 aliphatic heterocycles. The number of H-pyrrole nitrogens is 1. The van der Waals surface area contributed by atoms with E-state index in [-0.39, 0.29) is 12.2 Å². The van der Waals surface area contributed by atoms with Crippen LogP contribution in [0.15, 0.2) is 88.8 Å². The van der Waals surface area contributed by atoms with Gasteiger partial charge in [-0.3, -0.25) is 19.1 Å². The number of rotatable bonds is 6. The molecular weight excluding hydrogens is 460 g/mol. The number of aromatic amines is 1. The summed E-state index contributed by atoms with van der Waals surface area (Å²) in [5.41, 5.74) is 1.04. The number of aryl methyl sites for hydroxylation is 1. The monoisotopic (exact) mass is 488 g/mol. The molecular formula is C27H28N4O5. The van der Waals surface area contributed by atoms with Gasteiger partial charge >= 0.3 is 5.69 Å². The third-order valence-electron chi connectivity index (χ3n) is 6.80. The van der Waals surface area contributed by atoms with E-state index in [1.165, 1.54) is 17.7 Å². The summed E-state index contributed by atoms with van der Waals surface area (Å²) >= 11 is 0. The summed E-state index contributed by atoms with van der Waals surface area (Å²) in [5.74, 6) is -0.916. The van der Waals surface area contributed by atoms with Crippen molar-refractivity contribution in [1.29, 1.82) is 0 Å². The number of aliphatic hydroxyl groups is 1. The number of benzene rings is 2. The standard InChI is InChI=1S/C27H28N4O5/c1-17-16-31(27(35)28-25(17)34)22-15-21(33)24(36-22)23(18(2)32)26-29(19-9-5-3-6-10-19)13-14-30(26)20-11-7-4-8-12-20/h3-14,16,21-24,26,33H,15H2,1-2H3,(H,28,34,35)/t21-,22+,23?,24-/m0/s1. The highest BCUT2D eigenvalue weighted by Crippen LogP contribution is 2.40. The predicted molar refractivity (Wildman–Crippen MR) is 136 cm³/mol. The summed E-state index contributed by atoms with van der Waals surface area (Å²) in [5, 5.41) is 11.1. The number of para-hydroxylation sites is 2. The number of Topliss-reactive ketones (excluding diaryl/α,β-unsaturated/α-hetero) is 1. The molecule has 0 aliphatic carbocycles. The van der Waals surface area contributed by atoms with E-state index in [0.717, 1.165) is 11.4 Å². The fraction of sp³-hybridized carbons (Fsp3) is 0.296. The molecule has 1 unspecified atom stereocenters. The van der Waals surface area contributed by atoms with Gasteiger partial charge in [0.05, 0.1) is 18.1 Å². The van der Waals surface area contributed by atoms with Crippen molar-refractivity contribution in [2.75, 3.05) is 9.80 Å². The summed E-state index contributed by atoms with van der Waals surface area (Å²) in [4.78, 5) is 43.8. The van der Waals surface area contributed by atoms with E-state index in [1.807, 2.05) is 82.9 Å². The molecule has 0 spiro atoms. The van der Waals surface area contributed by atoms with Crippen molar-refractivity contribution in [3.63, 3.8) is 0 Å². The van der Waals surface area contributed by atoms with Gasteiger partial charge in [0, 0.05) is 42.0 Å². The van der Waals surface area contributed by atoms with Gasteiger partial charge in [0.25, 0.3) is 5.56 Å². The molecule has 0 saturated carbocycles. The first kappa shape index (κ1) is 23.8. The quantitative estimate of drug-likeness (QED) is 0.549. The lowest BCUT2D eigenvalue weighted by Crippen LogP contribution is -2.53. The summed E-state index contributed by atoms with van der Waals surface area (Å²) in [6, 6.07) is 19.4. The summed E-state index contributed by atoms with van der Waals surface area (Å²) < 4.78 is 7.50. The minimum Gasteiger partial charge on any atom is -0.390 e. The first-order valence-corrected chi connectivity index (χ1v) is 11.9. The largest absolute Gasteiger partial charge is 0.390 e. The second-order valence-corrected chi connectivity index (χ2v) is 9.17. The highest BCUT2D eigenvalue weighted by Gasteiger charge is 2.49. The zero-order valence-electron chi connectivity index (χ0n) is 20.0. The molecule has 5 rings (SSSR count). The lowest BCUT2D eigenvalue weighted by molar-refractivity contribution is -0.130. The average Bonchev–Trinajstić information content (AvgIpc) is 3.47. The van der Waals surface area contributed by atoms with Gasteiger partial charge in [-0.2, -0.15) is 0 Å². The highest BCUT2D eigenvalue weighted by molar-refractivity contribution is 5.82. The number of hydrogen-bond acceptors (Lipinski definition) is 7. The molecule has 2 N–H and O–H groups in total. The highest BCUT2D eigenvalue weighted by atomic mass is 16.5. The van der Waals surface area contributed by atoms with Crippen LogP contribution in [-0.2, 0) is 9.53 Å². The van der Waals surface area contributed by atoms with Gasteiger partial charge in [-0.15, -0.1) is 0 Å². The number of aliphatic hydroxyl groups excluding tert-OH is 1. The van der Waals surface area contributed by atoms with Crippen LogP contribution in [0.5, 0.6) is 0 Å². The van der Waals surface area contributed by atoms with Gasteiger partial charge in [-0.1, -0.05) is 36.4 Å². The Hall–Kier alpha value is -3.95. The Kier molecular flexibility index (Phi) is 6.34. The van der Waals surface area contributed by atoms with Gasteiger partial charge in [0.2, 0.25) is 0 Å². The van der Waals surface area contributed by atoms with E-state index in [0.29, 0.717) is 5.56 Å². The van der Waals surface area contributed by atoms with Crippen molar-refractivity contribution in [3.8, 4) is 0 Å².